The van der Waals surface area contributed by atoms with E-state index in [4.69, 9.17) is 11.6 Å². The van der Waals surface area contributed by atoms with E-state index in [0.717, 1.165) is 16.3 Å². The molecule has 2 aromatic carbocycles. The van der Waals surface area contributed by atoms with Crippen LogP contribution < -0.4 is 0 Å². The van der Waals surface area contributed by atoms with Crippen LogP contribution in [-0.4, -0.2) is 4.98 Å². The van der Waals surface area contributed by atoms with E-state index in [1.807, 2.05) is 12.1 Å². The molecule has 0 radical (unpaired) electrons. The van der Waals surface area contributed by atoms with Crippen LogP contribution in [0.25, 0.3) is 26.5 Å². The highest BCUT2D eigenvalue weighted by molar-refractivity contribution is 6.11. The Morgan fingerprint density at radius 2 is 1.88 bits per heavy atom. The predicted octanol–water partition coefficient (Wildman–Crippen LogP) is 6.11. The lowest BCUT2D eigenvalue weighted by atomic mass is 9.68. The molecule has 1 aromatic heterocycles. The van der Waals surface area contributed by atoms with Gasteiger partial charge in [0.15, 0.2) is 5.69 Å². The van der Waals surface area contributed by atoms with Crippen molar-refractivity contribution >= 4 is 27.4 Å². The standard InChI is InChI=1S/C22H20N2/c1-21(2)17-10-11-22(21,3)19-15-9-8-13-14(6-5-7-18(13)23-4)20(15)24-12-16(17)19/h5-9,12,17H,10-11H2,1-3H3/t17-,22+/m0/s1. The van der Waals surface area contributed by atoms with E-state index in [0.29, 0.717) is 17.0 Å². The third-order valence-electron chi connectivity index (χ3n) is 7.17. The highest BCUT2D eigenvalue weighted by Crippen LogP contribution is 2.68. The molecule has 2 aliphatic rings. The minimum Gasteiger partial charge on any atom is -0.255 e. The lowest BCUT2D eigenvalue weighted by Gasteiger charge is -2.35. The largest absolute Gasteiger partial charge is 0.255 e. The van der Waals surface area contributed by atoms with E-state index < -0.39 is 0 Å². The topological polar surface area (TPSA) is 17.2 Å². The molecule has 2 bridgehead atoms. The maximum absolute atomic E-state index is 7.41. The maximum Gasteiger partial charge on any atom is 0.194 e. The summed E-state index contributed by atoms with van der Waals surface area (Å²) in [6.45, 7) is 14.7. The third-order valence-corrected chi connectivity index (χ3v) is 7.17. The van der Waals surface area contributed by atoms with Gasteiger partial charge in [-0.15, -0.1) is 0 Å². The molecule has 5 rings (SSSR count). The Labute approximate surface area is 142 Å². The first-order valence-electron chi connectivity index (χ1n) is 8.71. The second-order valence-electron chi connectivity index (χ2n) is 8.18. The molecule has 1 saturated carbocycles. The fraction of sp³-hybridized carbons (Fsp3) is 0.364. The molecule has 3 aromatic rings. The molecule has 2 atom stereocenters. The SMILES string of the molecule is [C-]#[N+]c1cccc2c1ccc1c3c(cnc12)[C@@H]1CC[C@@]3(C)C1(C)C. The molecule has 24 heavy (non-hydrogen) atoms. The number of nitrogens with zero attached hydrogens (tertiary/aromatic N) is 2. The molecule has 0 spiro atoms. The number of benzene rings is 2. The molecule has 0 unspecified atom stereocenters. The van der Waals surface area contributed by atoms with Gasteiger partial charge in [-0.3, -0.25) is 4.98 Å². The predicted molar refractivity (Wildman–Crippen MR) is 98.6 cm³/mol. The minimum absolute atomic E-state index is 0.222. The van der Waals surface area contributed by atoms with Crippen molar-refractivity contribution in [3.63, 3.8) is 0 Å². The fourth-order valence-electron chi connectivity index (χ4n) is 5.49. The van der Waals surface area contributed by atoms with Crippen LogP contribution in [0, 0.1) is 12.0 Å². The van der Waals surface area contributed by atoms with Gasteiger partial charge in [0, 0.05) is 11.6 Å². The summed E-state index contributed by atoms with van der Waals surface area (Å²) < 4.78 is 0. The number of fused-ring (bicyclic) bond motifs is 9. The molecule has 2 nitrogen and oxygen atoms in total. The van der Waals surface area contributed by atoms with Gasteiger partial charge in [0.25, 0.3) is 0 Å². The van der Waals surface area contributed by atoms with Crippen molar-refractivity contribution in [3.8, 4) is 0 Å². The molecule has 1 heterocycles. The summed E-state index contributed by atoms with van der Waals surface area (Å²) in [5.41, 5.74) is 5.26. The second-order valence-corrected chi connectivity index (χ2v) is 8.18. The monoisotopic (exact) mass is 312 g/mol. The van der Waals surface area contributed by atoms with Crippen molar-refractivity contribution in [1.82, 2.24) is 4.98 Å². The summed E-state index contributed by atoms with van der Waals surface area (Å²) in [6.07, 6.45) is 4.66. The normalized spacial score (nSPS) is 26.7. The van der Waals surface area contributed by atoms with Crippen molar-refractivity contribution in [2.75, 3.05) is 0 Å². The van der Waals surface area contributed by atoms with Gasteiger partial charge in [-0.05, 0) is 51.5 Å². The zero-order chi connectivity index (χ0) is 16.7. The summed E-state index contributed by atoms with van der Waals surface area (Å²) in [7, 11) is 0. The van der Waals surface area contributed by atoms with Crippen LogP contribution in [0.2, 0.25) is 0 Å². The Morgan fingerprint density at radius 1 is 1.08 bits per heavy atom. The van der Waals surface area contributed by atoms with Crippen LogP contribution in [0.4, 0.5) is 5.69 Å². The zero-order valence-electron chi connectivity index (χ0n) is 14.4. The maximum atomic E-state index is 7.41. The molecular formula is C22H20N2. The van der Waals surface area contributed by atoms with E-state index >= 15 is 0 Å². The van der Waals surface area contributed by atoms with Crippen LogP contribution in [-0.2, 0) is 5.41 Å². The summed E-state index contributed by atoms with van der Waals surface area (Å²) in [4.78, 5) is 8.54. The van der Waals surface area contributed by atoms with Gasteiger partial charge in [-0.2, -0.15) is 0 Å². The molecular weight excluding hydrogens is 292 g/mol. The number of hydrogen-bond donors (Lipinski definition) is 0. The Hall–Kier alpha value is -2.40. The molecule has 0 amide bonds. The summed E-state index contributed by atoms with van der Waals surface area (Å²) in [5.74, 6) is 0.625. The Balaban J connectivity index is 1.94. The van der Waals surface area contributed by atoms with Crippen molar-refractivity contribution in [2.45, 2.75) is 44.9 Å². The summed E-state index contributed by atoms with van der Waals surface area (Å²) in [5, 5.41) is 3.41. The molecule has 0 saturated heterocycles. The van der Waals surface area contributed by atoms with Crippen LogP contribution >= 0.6 is 0 Å². The van der Waals surface area contributed by atoms with Gasteiger partial charge in [0.2, 0.25) is 0 Å². The quantitative estimate of drug-likeness (QED) is 0.361. The van der Waals surface area contributed by atoms with Crippen molar-refractivity contribution in [3.05, 3.63) is 59.1 Å². The van der Waals surface area contributed by atoms with E-state index in [1.54, 1.807) is 0 Å². The highest BCUT2D eigenvalue weighted by Gasteiger charge is 2.59. The van der Waals surface area contributed by atoms with Crippen molar-refractivity contribution < 1.29 is 0 Å². The Morgan fingerprint density at radius 3 is 2.67 bits per heavy atom. The lowest BCUT2D eigenvalue weighted by Crippen LogP contribution is -2.31. The molecule has 0 N–H and O–H groups in total. The van der Waals surface area contributed by atoms with E-state index in [2.05, 4.69) is 50.0 Å². The van der Waals surface area contributed by atoms with E-state index in [9.17, 15) is 0 Å². The van der Waals surface area contributed by atoms with E-state index in [1.165, 1.54) is 29.4 Å². The number of rotatable bonds is 0. The first kappa shape index (κ1) is 14.0. The van der Waals surface area contributed by atoms with Gasteiger partial charge < -0.3 is 0 Å². The minimum atomic E-state index is 0.222. The number of hydrogen-bond acceptors (Lipinski definition) is 1. The smallest absolute Gasteiger partial charge is 0.194 e. The zero-order valence-corrected chi connectivity index (χ0v) is 14.4. The van der Waals surface area contributed by atoms with Gasteiger partial charge in [0.1, 0.15) is 0 Å². The van der Waals surface area contributed by atoms with Gasteiger partial charge in [-0.25, -0.2) is 4.85 Å². The van der Waals surface area contributed by atoms with Gasteiger partial charge in [-0.1, -0.05) is 51.1 Å². The third kappa shape index (κ3) is 1.36. The van der Waals surface area contributed by atoms with Crippen molar-refractivity contribution in [2.24, 2.45) is 5.41 Å². The molecule has 118 valence electrons. The second kappa shape index (κ2) is 4.16. The van der Waals surface area contributed by atoms with Gasteiger partial charge in [0.05, 0.1) is 12.1 Å². The van der Waals surface area contributed by atoms with E-state index in [-0.39, 0.29) is 5.41 Å². The number of pyridine rings is 1. The average Bonchev–Trinajstić information content (AvgIpc) is 2.92. The van der Waals surface area contributed by atoms with Crippen molar-refractivity contribution in [1.29, 1.82) is 0 Å². The van der Waals surface area contributed by atoms with Crippen LogP contribution in [0.5, 0.6) is 0 Å². The Kier molecular flexibility index (Phi) is 2.43. The fourth-order valence-corrected chi connectivity index (χ4v) is 5.49. The molecule has 2 heteroatoms. The van der Waals surface area contributed by atoms with Gasteiger partial charge >= 0.3 is 0 Å². The highest BCUT2D eigenvalue weighted by atomic mass is 14.7. The Bertz CT molecular complexity index is 1070. The molecule has 2 aliphatic carbocycles. The first-order valence-corrected chi connectivity index (χ1v) is 8.71. The average molecular weight is 312 g/mol. The molecule has 1 fully saturated rings. The summed E-state index contributed by atoms with van der Waals surface area (Å²) in [6, 6.07) is 10.3. The summed E-state index contributed by atoms with van der Waals surface area (Å²) >= 11 is 0. The lowest BCUT2D eigenvalue weighted by molar-refractivity contribution is 0.232. The number of aromatic nitrogens is 1. The van der Waals surface area contributed by atoms with Crippen LogP contribution in [0.1, 0.15) is 50.7 Å². The van der Waals surface area contributed by atoms with Crippen LogP contribution in [0.3, 0.4) is 0 Å². The van der Waals surface area contributed by atoms with Crippen LogP contribution in [0.15, 0.2) is 36.5 Å². The first-order chi connectivity index (χ1) is 11.5. The molecule has 0 aliphatic heterocycles.